The van der Waals surface area contributed by atoms with Crippen LogP contribution >= 0.6 is 0 Å². The van der Waals surface area contributed by atoms with Crippen LogP contribution in [0.25, 0.3) is 0 Å². The Bertz CT molecular complexity index is 699. The second-order valence-electron chi connectivity index (χ2n) is 5.61. The number of rotatable bonds is 3. The van der Waals surface area contributed by atoms with E-state index in [1.807, 2.05) is 0 Å². The third-order valence-corrected chi connectivity index (χ3v) is 6.16. The Balaban J connectivity index is 2.34. The van der Waals surface area contributed by atoms with E-state index >= 15 is 0 Å². The number of carbonyl (C=O) groups excluding carboxylic acids is 1. The van der Waals surface area contributed by atoms with Gasteiger partial charge in [0.2, 0.25) is 10.0 Å². The summed E-state index contributed by atoms with van der Waals surface area (Å²) in [6.45, 7) is -1.19. The highest BCUT2D eigenvalue weighted by atomic mass is 32.2. The van der Waals surface area contributed by atoms with Crippen LogP contribution in [0.3, 0.4) is 0 Å². The Hall–Kier alpha value is -1.62. The van der Waals surface area contributed by atoms with Gasteiger partial charge in [0.25, 0.3) is 5.91 Å². The number of aromatic nitrogens is 2. The average Bonchev–Trinajstić information content (AvgIpc) is 3.03. The fraction of sp³-hybridized carbons (Fsp3) is 0.667. The van der Waals surface area contributed by atoms with E-state index in [2.05, 4.69) is 4.98 Å². The van der Waals surface area contributed by atoms with Crippen molar-refractivity contribution < 1.29 is 26.4 Å². The second kappa shape index (κ2) is 5.78. The SMILES string of the molecule is CN(C)S(=O)(=O)[C@@H]1CN(C(=O)c2cncn2C)C[C@H]1C(F)(F)F. The molecule has 2 atom stereocenters. The fourth-order valence-electron chi connectivity index (χ4n) is 2.55. The standard InChI is InChI=1S/C12H17F3N4O3S/c1-17(2)23(21,22)10-6-19(5-8(10)12(13,14)15)11(20)9-4-16-7-18(9)3/h4,7-8,10H,5-6H2,1-3H3/t8-,10-/m1/s1. The Morgan fingerprint density at radius 2 is 1.96 bits per heavy atom. The molecule has 1 aromatic heterocycles. The molecule has 2 rings (SSSR count). The maximum Gasteiger partial charge on any atom is 0.394 e. The molecule has 1 fully saturated rings. The summed E-state index contributed by atoms with van der Waals surface area (Å²) in [5.74, 6) is -2.79. The Labute approximate surface area is 131 Å². The van der Waals surface area contributed by atoms with Gasteiger partial charge in [-0.25, -0.2) is 17.7 Å². The van der Waals surface area contributed by atoms with Crippen molar-refractivity contribution in [2.45, 2.75) is 11.4 Å². The lowest BCUT2D eigenvalue weighted by Crippen LogP contribution is -2.43. The summed E-state index contributed by atoms with van der Waals surface area (Å²) in [5.41, 5.74) is 0.105. The molecule has 0 radical (unpaired) electrons. The molecule has 2 heterocycles. The van der Waals surface area contributed by atoms with Gasteiger partial charge in [0.1, 0.15) is 10.9 Å². The summed E-state index contributed by atoms with van der Waals surface area (Å²) >= 11 is 0. The molecule has 23 heavy (non-hydrogen) atoms. The minimum Gasteiger partial charge on any atom is -0.335 e. The van der Waals surface area contributed by atoms with E-state index in [-0.39, 0.29) is 5.69 Å². The molecule has 11 heteroatoms. The van der Waals surface area contributed by atoms with E-state index in [4.69, 9.17) is 0 Å². The van der Waals surface area contributed by atoms with Crippen molar-refractivity contribution in [3.05, 3.63) is 18.2 Å². The highest BCUT2D eigenvalue weighted by Crippen LogP contribution is 2.38. The van der Waals surface area contributed by atoms with Crippen molar-refractivity contribution in [1.82, 2.24) is 18.8 Å². The van der Waals surface area contributed by atoms with Crippen LogP contribution in [0.2, 0.25) is 0 Å². The van der Waals surface area contributed by atoms with Gasteiger partial charge in [-0.1, -0.05) is 0 Å². The number of imidazole rings is 1. The monoisotopic (exact) mass is 354 g/mol. The first kappa shape index (κ1) is 17.7. The number of hydrogen-bond donors (Lipinski definition) is 0. The summed E-state index contributed by atoms with van der Waals surface area (Å²) in [6, 6.07) is 0. The second-order valence-corrected chi connectivity index (χ2v) is 7.98. The number of nitrogens with zero attached hydrogens (tertiary/aromatic N) is 4. The van der Waals surface area contributed by atoms with Crippen molar-refractivity contribution in [3.8, 4) is 0 Å². The van der Waals surface area contributed by atoms with Crippen molar-refractivity contribution in [1.29, 1.82) is 0 Å². The lowest BCUT2D eigenvalue weighted by Gasteiger charge is -2.23. The van der Waals surface area contributed by atoms with Crippen molar-refractivity contribution >= 4 is 15.9 Å². The van der Waals surface area contributed by atoms with Gasteiger partial charge >= 0.3 is 6.18 Å². The summed E-state index contributed by atoms with van der Waals surface area (Å²) in [4.78, 5) is 17.0. The predicted octanol–water partition coefficient (Wildman–Crippen LogP) is 0.314. The van der Waals surface area contributed by atoms with Crippen LogP contribution in [0.1, 0.15) is 10.5 Å². The number of amides is 1. The van der Waals surface area contributed by atoms with Crippen molar-refractivity contribution in [2.24, 2.45) is 13.0 Å². The largest absolute Gasteiger partial charge is 0.394 e. The first-order valence-electron chi connectivity index (χ1n) is 6.70. The van der Waals surface area contributed by atoms with Gasteiger partial charge in [-0.05, 0) is 0 Å². The molecule has 1 amide bonds. The van der Waals surface area contributed by atoms with Gasteiger partial charge in [0.15, 0.2) is 0 Å². The third kappa shape index (κ3) is 3.20. The first-order chi connectivity index (χ1) is 10.5. The van der Waals surface area contributed by atoms with E-state index in [0.29, 0.717) is 0 Å². The Kier molecular flexibility index (Phi) is 4.46. The number of aryl methyl sites for hydroxylation is 1. The molecule has 7 nitrogen and oxygen atoms in total. The van der Waals surface area contributed by atoms with E-state index in [0.717, 1.165) is 9.21 Å². The zero-order valence-electron chi connectivity index (χ0n) is 12.8. The van der Waals surface area contributed by atoms with Gasteiger partial charge in [-0.15, -0.1) is 0 Å². The van der Waals surface area contributed by atoms with Gasteiger partial charge in [0.05, 0.1) is 18.4 Å². The average molecular weight is 354 g/mol. The molecule has 0 spiro atoms. The van der Waals surface area contributed by atoms with Gasteiger partial charge in [0, 0.05) is 34.2 Å². The lowest BCUT2D eigenvalue weighted by molar-refractivity contribution is -0.169. The minimum absolute atomic E-state index is 0.105. The smallest absolute Gasteiger partial charge is 0.335 e. The quantitative estimate of drug-likeness (QED) is 0.783. The topological polar surface area (TPSA) is 75.5 Å². The van der Waals surface area contributed by atoms with E-state index < -0.39 is 46.4 Å². The maximum atomic E-state index is 13.2. The van der Waals surface area contributed by atoms with Crippen LogP contribution in [0.5, 0.6) is 0 Å². The van der Waals surface area contributed by atoms with E-state index in [1.165, 1.54) is 38.2 Å². The highest BCUT2D eigenvalue weighted by Gasteiger charge is 2.56. The Morgan fingerprint density at radius 3 is 2.39 bits per heavy atom. The molecule has 0 saturated carbocycles. The normalized spacial score (nSPS) is 22.8. The maximum absolute atomic E-state index is 13.2. The summed E-state index contributed by atoms with van der Waals surface area (Å²) < 4.78 is 66.2. The zero-order chi connectivity index (χ0) is 17.6. The Morgan fingerprint density at radius 1 is 1.35 bits per heavy atom. The van der Waals surface area contributed by atoms with Crippen LogP contribution in [0.15, 0.2) is 12.5 Å². The zero-order valence-corrected chi connectivity index (χ0v) is 13.6. The highest BCUT2D eigenvalue weighted by molar-refractivity contribution is 7.89. The van der Waals surface area contributed by atoms with Gasteiger partial charge in [-0.2, -0.15) is 13.2 Å². The third-order valence-electron chi connectivity index (χ3n) is 3.90. The van der Waals surface area contributed by atoms with E-state index in [1.54, 1.807) is 0 Å². The molecule has 1 aliphatic heterocycles. The van der Waals surface area contributed by atoms with Crippen LogP contribution in [0, 0.1) is 5.92 Å². The predicted molar refractivity (Wildman–Crippen MR) is 75.1 cm³/mol. The first-order valence-corrected chi connectivity index (χ1v) is 8.20. The molecule has 1 aliphatic rings. The summed E-state index contributed by atoms with van der Waals surface area (Å²) in [6.07, 6.45) is -2.13. The van der Waals surface area contributed by atoms with Gasteiger partial charge < -0.3 is 9.47 Å². The number of carbonyl (C=O) groups is 1. The number of likely N-dealkylation sites (tertiary alicyclic amines) is 1. The number of halogens is 3. The molecule has 0 aromatic carbocycles. The van der Waals surface area contributed by atoms with E-state index in [9.17, 15) is 26.4 Å². The number of hydrogen-bond acceptors (Lipinski definition) is 4. The molecule has 130 valence electrons. The van der Waals surface area contributed by atoms with Crippen LogP contribution in [-0.2, 0) is 17.1 Å². The molecule has 0 unspecified atom stereocenters. The molecule has 0 bridgehead atoms. The minimum atomic E-state index is -4.71. The van der Waals surface area contributed by atoms with Crippen LogP contribution in [0.4, 0.5) is 13.2 Å². The molecule has 0 aliphatic carbocycles. The molecule has 0 N–H and O–H groups in total. The lowest BCUT2D eigenvalue weighted by atomic mass is 10.1. The van der Waals surface area contributed by atoms with Crippen molar-refractivity contribution in [3.63, 3.8) is 0 Å². The molecular weight excluding hydrogens is 337 g/mol. The van der Waals surface area contributed by atoms with Gasteiger partial charge in [-0.3, -0.25) is 4.79 Å². The molecular formula is C12H17F3N4O3S. The fourth-order valence-corrected chi connectivity index (χ4v) is 4.12. The van der Waals surface area contributed by atoms with Crippen LogP contribution in [-0.4, -0.2) is 71.7 Å². The number of sulfonamides is 1. The molecule has 1 saturated heterocycles. The van der Waals surface area contributed by atoms with Crippen LogP contribution < -0.4 is 0 Å². The summed E-state index contributed by atoms with van der Waals surface area (Å²) in [7, 11) is -0.274. The number of alkyl halides is 3. The van der Waals surface area contributed by atoms with Crippen molar-refractivity contribution in [2.75, 3.05) is 27.2 Å². The summed E-state index contributed by atoms with van der Waals surface area (Å²) in [5, 5.41) is -1.71. The molecule has 1 aromatic rings.